The van der Waals surface area contributed by atoms with E-state index in [9.17, 15) is 5.11 Å². The van der Waals surface area contributed by atoms with Crippen molar-refractivity contribution < 1.29 is 19.0 Å². The Morgan fingerprint density at radius 3 is 2.50 bits per heavy atom. The van der Waals surface area contributed by atoms with Gasteiger partial charge in [-0.1, -0.05) is 0 Å². The molecule has 6 heteroatoms. The van der Waals surface area contributed by atoms with Gasteiger partial charge in [0.25, 0.3) is 0 Å². The summed E-state index contributed by atoms with van der Waals surface area (Å²) in [5.41, 5.74) is 0. The first-order valence-electron chi connectivity index (χ1n) is 8.95. The van der Waals surface area contributed by atoms with Crippen LogP contribution < -0.4 is 0 Å². The molecule has 0 aromatic carbocycles. The summed E-state index contributed by atoms with van der Waals surface area (Å²) < 4.78 is 17.3. The van der Waals surface area contributed by atoms with Crippen LogP contribution in [0.3, 0.4) is 0 Å². The quantitative estimate of drug-likeness (QED) is 0.877. The number of β-amino-alcohol motifs (C(OH)–C–C–N with tert-alkyl or cyclic N) is 1. The first kappa shape index (κ1) is 17.9. The lowest BCUT2D eigenvalue weighted by Crippen LogP contribution is -2.50. The van der Waals surface area contributed by atoms with E-state index < -0.39 is 0 Å². The normalized spacial score (nSPS) is 31.2. The molecule has 1 N–H and O–H groups in total. The zero-order valence-electron chi connectivity index (χ0n) is 15.0. The molecule has 1 aromatic rings. The molecule has 2 fully saturated rings. The monoisotopic (exact) mass is 338 g/mol. The molecular weight excluding hydrogens is 308 g/mol. The molecule has 3 heterocycles. The standard InChI is InChI=1S/C18H30N2O4/c1-13-4-5-17(24-13)18-12-19(6-7-22-18)10-16(21)11-20-8-14(2)23-15(3)9-20/h4-5,14-16,18,21H,6-12H2,1-3H3. The molecule has 4 unspecified atom stereocenters. The van der Waals surface area contributed by atoms with Crippen molar-refractivity contribution in [3.63, 3.8) is 0 Å². The van der Waals surface area contributed by atoms with Crippen LogP contribution in [0.25, 0.3) is 0 Å². The average Bonchev–Trinajstić information content (AvgIpc) is 2.93. The smallest absolute Gasteiger partial charge is 0.134 e. The SMILES string of the molecule is Cc1ccc(C2CN(CC(O)CN3CC(C)OC(C)C3)CCO2)o1. The van der Waals surface area contributed by atoms with Gasteiger partial charge in [-0.25, -0.2) is 0 Å². The molecule has 0 radical (unpaired) electrons. The van der Waals surface area contributed by atoms with Gasteiger partial charge in [-0.2, -0.15) is 0 Å². The van der Waals surface area contributed by atoms with Crippen LogP contribution in [0, 0.1) is 6.92 Å². The van der Waals surface area contributed by atoms with Gasteiger partial charge in [0.1, 0.15) is 17.6 Å². The topological polar surface area (TPSA) is 58.3 Å². The van der Waals surface area contributed by atoms with Gasteiger partial charge < -0.3 is 19.0 Å². The third-order valence-electron chi connectivity index (χ3n) is 4.66. The van der Waals surface area contributed by atoms with E-state index in [0.717, 1.165) is 37.7 Å². The van der Waals surface area contributed by atoms with Gasteiger partial charge in [0.2, 0.25) is 0 Å². The summed E-state index contributed by atoms with van der Waals surface area (Å²) in [6.45, 7) is 11.5. The highest BCUT2D eigenvalue weighted by Crippen LogP contribution is 2.24. The lowest BCUT2D eigenvalue weighted by atomic mass is 10.2. The second-order valence-electron chi connectivity index (χ2n) is 7.20. The van der Waals surface area contributed by atoms with Gasteiger partial charge in [0, 0.05) is 39.3 Å². The summed E-state index contributed by atoms with van der Waals surface area (Å²) in [4.78, 5) is 4.57. The lowest BCUT2D eigenvalue weighted by Gasteiger charge is -2.38. The Morgan fingerprint density at radius 2 is 1.83 bits per heavy atom. The number of aliphatic hydroxyl groups excluding tert-OH is 1. The fraction of sp³-hybridized carbons (Fsp3) is 0.778. The van der Waals surface area contributed by atoms with E-state index in [0.29, 0.717) is 19.7 Å². The molecule has 2 aliphatic rings. The van der Waals surface area contributed by atoms with Crippen molar-refractivity contribution >= 4 is 0 Å². The summed E-state index contributed by atoms with van der Waals surface area (Å²) in [6, 6.07) is 3.95. The molecule has 0 aliphatic carbocycles. The van der Waals surface area contributed by atoms with Gasteiger partial charge >= 0.3 is 0 Å². The number of ether oxygens (including phenoxy) is 2. The Balaban J connectivity index is 1.48. The molecule has 2 aliphatic heterocycles. The minimum absolute atomic E-state index is 0.0388. The van der Waals surface area contributed by atoms with Crippen molar-refractivity contribution in [1.82, 2.24) is 9.80 Å². The van der Waals surface area contributed by atoms with Gasteiger partial charge in [0.15, 0.2) is 0 Å². The van der Waals surface area contributed by atoms with E-state index in [1.54, 1.807) is 0 Å². The zero-order valence-corrected chi connectivity index (χ0v) is 15.0. The highest BCUT2D eigenvalue weighted by atomic mass is 16.5. The van der Waals surface area contributed by atoms with Crippen molar-refractivity contribution in [2.75, 3.05) is 45.9 Å². The number of hydrogen-bond donors (Lipinski definition) is 1. The lowest BCUT2D eigenvalue weighted by molar-refractivity contribution is -0.0836. The van der Waals surface area contributed by atoms with Crippen molar-refractivity contribution in [2.24, 2.45) is 0 Å². The Hall–Kier alpha value is -0.920. The Morgan fingerprint density at radius 1 is 1.12 bits per heavy atom. The molecule has 136 valence electrons. The average molecular weight is 338 g/mol. The largest absolute Gasteiger partial charge is 0.464 e. The van der Waals surface area contributed by atoms with Crippen LogP contribution in [-0.4, -0.2) is 79.1 Å². The number of rotatable bonds is 5. The molecule has 2 saturated heterocycles. The molecule has 6 nitrogen and oxygen atoms in total. The molecule has 0 amide bonds. The third-order valence-corrected chi connectivity index (χ3v) is 4.66. The predicted octanol–water partition coefficient (Wildman–Crippen LogP) is 1.43. The molecule has 0 spiro atoms. The van der Waals surface area contributed by atoms with Crippen molar-refractivity contribution in [3.05, 3.63) is 23.7 Å². The summed E-state index contributed by atoms with van der Waals surface area (Å²) in [5, 5.41) is 10.5. The van der Waals surface area contributed by atoms with E-state index in [1.165, 1.54) is 0 Å². The molecular formula is C18H30N2O4. The summed E-state index contributed by atoms with van der Waals surface area (Å²) in [7, 11) is 0. The molecule has 24 heavy (non-hydrogen) atoms. The van der Waals surface area contributed by atoms with Crippen molar-refractivity contribution in [2.45, 2.75) is 45.2 Å². The summed E-state index contributed by atoms with van der Waals surface area (Å²) in [6.07, 6.45) is 0.0643. The van der Waals surface area contributed by atoms with Gasteiger partial charge in [-0.15, -0.1) is 0 Å². The van der Waals surface area contributed by atoms with Crippen LogP contribution in [0.2, 0.25) is 0 Å². The van der Waals surface area contributed by atoms with Crippen LogP contribution >= 0.6 is 0 Å². The number of nitrogens with zero attached hydrogens (tertiary/aromatic N) is 2. The molecule has 3 rings (SSSR count). The summed E-state index contributed by atoms with van der Waals surface area (Å²) >= 11 is 0. The van der Waals surface area contributed by atoms with E-state index >= 15 is 0 Å². The van der Waals surface area contributed by atoms with E-state index in [4.69, 9.17) is 13.9 Å². The molecule has 0 saturated carbocycles. The molecule has 0 bridgehead atoms. The maximum absolute atomic E-state index is 10.5. The number of aliphatic hydroxyl groups is 1. The number of furan rings is 1. The first-order chi connectivity index (χ1) is 11.5. The summed E-state index contributed by atoms with van der Waals surface area (Å²) in [5.74, 6) is 1.78. The van der Waals surface area contributed by atoms with Crippen molar-refractivity contribution in [1.29, 1.82) is 0 Å². The van der Waals surface area contributed by atoms with E-state index in [1.807, 2.05) is 19.1 Å². The highest BCUT2D eigenvalue weighted by Gasteiger charge is 2.28. The number of hydrogen-bond acceptors (Lipinski definition) is 6. The van der Waals surface area contributed by atoms with Crippen LogP contribution in [0.5, 0.6) is 0 Å². The number of aryl methyl sites for hydroxylation is 1. The van der Waals surface area contributed by atoms with E-state index in [2.05, 4.69) is 23.6 Å². The van der Waals surface area contributed by atoms with Gasteiger partial charge in [0.05, 0.1) is 24.9 Å². The van der Waals surface area contributed by atoms with Crippen molar-refractivity contribution in [3.8, 4) is 0 Å². The minimum atomic E-state index is -0.361. The fourth-order valence-corrected chi connectivity index (χ4v) is 3.75. The van der Waals surface area contributed by atoms with Gasteiger partial charge in [-0.05, 0) is 32.9 Å². The second-order valence-corrected chi connectivity index (χ2v) is 7.20. The molecule has 1 aromatic heterocycles. The molecule has 4 atom stereocenters. The maximum atomic E-state index is 10.5. The Kier molecular flexibility index (Phi) is 5.94. The van der Waals surface area contributed by atoms with E-state index in [-0.39, 0.29) is 24.4 Å². The second kappa shape index (κ2) is 7.97. The first-order valence-corrected chi connectivity index (χ1v) is 8.95. The Bertz CT molecular complexity index is 511. The number of morpholine rings is 2. The van der Waals surface area contributed by atoms with Crippen LogP contribution in [-0.2, 0) is 9.47 Å². The fourth-order valence-electron chi connectivity index (χ4n) is 3.75. The zero-order chi connectivity index (χ0) is 17.1. The van der Waals surface area contributed by atoms with Crippen LogP contribution in [0.15, 0.2) is 16.5 Å². The van der Waals surface area contributed by atoms with Crippen LogP contribution in [0.4, 0.5) is 0 Å². The maximum Gasteiger partial charge on any atom is 0.134 e. The highest BCUT2D eigenvalue weighted by molar-refractivity contribution is 5.09. The predicted molar refractivity (Wildman–Crippen MR) is 91.0 cm³/mol. The van der Waals surface area contributed by atoms with Crippen LogP contribution in [0.1, 0.15) is 31.5 Å². The third kappa shape index (κ3) is 4.80. The minimum Gasteiger partial charge on any atom is -0.464 e. The van der Waals surface area contributed by atoms with Gasteiger partial charge in [-0.3, -0.25) is 9.80 Å². The Labute approximate surface area is 144 Å².